The Bertz CT molecular complexity index is 937. The van der Waals surface area contributed by atoms with Gasteiger partial charge in [-0.25, -0.2) is 0 Å². The summed E-state index contributed by atoms with van der Waals surface area (Å²) in [5.41, 5.74) is 1.54. The molecule has 1 N–H and O–H groups in total. The van der Waals surface area contributed by atoms with Crippen LogP contribution in [0.1, 0.15) is 49.7 Å². The van der Waals surface area contributed by atoms with Gasteiger partial charge < -0.3 is 19.3 Å². The average molecular weight is 441 g/mol. The lowest BCUT2D eigenvalue weighted by Crippen LogP contribution is -2.30. The number of hydrogen-bond donors (Lipinski definition) is 1. The Morgan fingerprint density at radius 3 is 2.55 bits per heavy atom. The van der Waals surface area contributed by atoms with Crippen molar-refractivity contribution in [1.82, 2.24) is 0 Å². The molecule has 2 aromatic rings. The van der Waals surface area contributed by atoms with E-state index in [-0.39, 0.29) is 17.8 Å². The zero-order valence-corrected chi connectivity index (χ0v) is 18.6. The van der Waals surface area contributed by atoms with Gasteiger partial charge in [0.25, 0.3) is 0 Å². The van der Waals surface area contributed by atoms with Crippen molar-refractivity contribution in [3.63, 3.8) is 0 Å². The molecule has 31 heavy (non-hydrogen) atoms. The Morgan fingerprint density at radius 2 is 1.84 bits per heavy atom. The maximum absolute atomic E-state index is 10.4. The third-order valence-corrected chi connectivity index (χ3v) is 5.42. The van der Waals surface area contributed by atoms with Crippen molar-refractivity contribution in [2.75, 3.05) is 6.61 Å². The molecule has 1 fully saturated rings. The summed E-state index contributed by atoms with van der Waals surface area (Å²) in [6.07, 6.45) is 5.64. The lowest BCUT2D eigenvalue weighted by molar-refractivity contribution is -0.244. The van der Waals surface area contributed by atoms with Crippen LogP contribution in [0, 0.1) is 5.92 Å². The van der Waals surface area contributed by atoms with Gasteiger partial charge in [-0.15, -0.1) is 0 Å². The minimum Gasteiger partial charge on any atom is -0.508 e. The monoisotopic (exact) mass is 440 g/mol. The Morgan fingerprint density at radius 1 is 1.13 bits per heavy atom. The second-order valence-corrected chi connectivity index (χ2v) is 8.06. The summed E-state index contributed by atoms with van der Waals surface area (Å²) in [7, 11) is 0. The van der Waals surface area contributed by atoms with Gasteiger partial charge in [0.05, 0.1) is 24.2 Å². The molecule has 0 aliphatic carbocycles. The van der Waals surface area contributed by atoms with Gasteiger partial charge in [-0.05, 0) is 31.9 Å². The number of allylic oxidation sites excluding steroid dienone is 4. The van der Waals surface area contributed by atoms with Gasteiger partial charge in [0.2, 0.25) is 0 Å². The van der Waals surface area contributed by atoms with Crippen molar-refractivity contribution < 1.29 is 19.3 Å². The summed E-state index contributed by atoms with van der Waals surface area (Å²) in [6, 6.07) is 14.8. The van der Waals surface area contributed by atoms with E-state index in [2.05, 4.69) is 25.3 Å². The average Bonchev–Trinajstić information content (AvgIpc) is 2.74. The lowest BCUT2D eigenvalue weighted by Gasteiger charge is -2.37. The zero-order chi connectivity index (χ0) is 22.2. The Balaban J connectivity index is 1.68. The van der Waals surface area contributed by atoms with Crippen LogP contribution >= 0.6 is 11.6 Å². The number of phenols is 1. The fraction of sp³-hybridized carbons (Fsp3) is 0.308. The summed E-state index contributed by atoms with van der Waals surface area (Å²) in [5.74, 6) is 1.62. The van der Waals surface area contributed by atoms with Gasteiger partial charge in [0.15, 0.2) is 6.29 Å². The van der Waals surface area contributed by atoms with Crippen molar-refractivity contribution in [3.8, 4) is 5.75 Å². The van der Waals surface area contributed by atoms with Crippen molar-refractivity contribution in [1.29, 1.82) is 0 Å². The van der Waals surface area contributed by atoms with Crippen LogP contribution in [0.3, 0.4) is 0 Å². The molecule has 1 saturated heterocycles. The first-order chi connectivity index (χ1) is 15.0. The molecule has 0 bridgehead atoms. The van der Waals surface area contributed by atoms with E-state index in [1.54, 1.807) is 19.1 Å². The SMILES string of the molecule is C=C(C)OC(=C)CC/C=C\C[C@@H]1COC(c2ccccc2Cl)O[C@@H]1c1ccccc1O. The number of benzene rings is 2. The van der Waals surface area contributed by atoms with E-state index in [9.17, 15) is 5.11 Å². The van der Waals surface area contributed by atoms with Crippen LogP contribution in [-0.2, 0) is 14.2 Å². The molecular formula is C26H29ClO4. The lowest BCUT2D eigenvalue weighted by atomic mass is 9.91. The summed E-state index contributed by atoms with van der Waals surface area (Å²) < 4.78 is 17.7. The Hall–Kier alpha value is -2.53. The summed E-state index contributed by atoms with van der Waals surface area (Å²) in [4.78, 5) is 0. The quantitative estimate of drug-likeness (QED) is 0.329. The molecule has 1 heterocycles. The zero-order valence-electron chi connectivity index (χ0n) is 17.8. The van der Waals surface area contributed by atoms with Crippen molar-refractivity contribution in [2.24, 2.45) is 5.92 Å². The molecule has 1 aliphatic heterocycles. The fourth-order valence-corrected chi connectivity index (χ4v) is 3.81. The fourth-order valence-electron chi connectivity index (χ4n) is 3.59. The molecule has 0 aromatic heterocycles. The van der Waals surface area contributed by atoms with Crippen molar-refractivity contribution in [2.45, 2.75) is 38.6 Å². The first-order valence-electron chi connectivity index (χ1n) is 10.4. The van der Waals surface area contributed by atoms with E-state index in [4.69, 9.17) is 25.8 Å². The molecule has 164 valence electrons. The van der Waals surface area contributed by atoms with Gasteiger partial charge in [0, 0.05) is 28.5 Å². The van der Waals surface area contributed by atoms with E-state index in [1.807, 2.05) is 36.4 Å². The Kier molecular flexibility index (Phi) is 8.35. The predicted molar refractivity (Wildman–Crippen MR) is 124 cm³/mol. The largest absolute Gasteiger partial charge is 0.508 e. The van der Waals surface area contributed by atoms with Crippen LogP contribution in [0.4, 0.5) is 0 Å². The van der Waals surface area contributed by atoms with Gasteiger partial charge in [-0.2, -0.15) is 0 Å². The molecule has 3 rings (SSSR count). The van der Waals surface area contributed by atoms with E-state index >= 15 is 0 Å². The number of phenolic OH excluding ortho intramolecular Hbond substituents is 1. The number of rotatable bonds is 9. The maximum Gasteiger partial charge on any atom is 0.186 e. The van der Waals surface area contributed by atoms with Gasteiger partial charge in [-0.3, -0.25) is 0 Å². The van der Waals surface area contributed by atoms with Crippen LogP contribution in [0.5, 0.6) is 5.75 Å². The second kappa shape index (κ2) is 11.2. The van der Waals surface area contributed by atoms with E-state index in [0.717, 1.165) is 30.4 Å². The third kappa shape index (κ3) is 6.47. The number of hydrogen-bond acceptors (Lipinski definition) is 4. The van der Waals surface area contributed by atoms with Crippen LogP contribution in [0.2, 0.25) is 5.02 Å². The summed E-state index contributed by atoms with van der Waals surface area (Å²) in [6.45, 7) is 9.91. The van der Waals surface area contributed by atoms with Crippen LogP contribution < -0.4 is 0 Å². The molecule has 0 saturated carbocycles. The van der Waals surface area contributed by atoms with Crippen molar-refractivity contribution >= 4 is 11.6 Å². The van der Waals surface area contributed by atoms with Crippen LogP contribution in [0.15, 0.2) is 85.4 Å². The van der Waals surface area contributed by atoms with E-state index < -0.39 is 6.29 Å². The van der Waals surface area contributed by atoms with E-state index in [1.165, 1.54) is 0 Å². The molecule has 1 aliphatic rings. The number of para-hydroxylation sites is 1. The third-order valence-electron chi connectivity index (χ3n) is 5.08. The molecule has 3 atom stereocenters. The van der Waals surface area contributed by atoms with Crippen molar-refractivity contribution in [3.05, 3.63) is 102 Å². The van der Waals surface area contributed by atoms with Gasteiger partial charge in [0.1, 0.15) is 5.75 Å². The highest BCUT2D eigenvalue weighted by atomic mass is 35.5. The van der Waals surface area contributed by atoms with Gasteiger partial charge in [-0.1, -0.05) is 73.3 Å². The second-order valence-electron chi connectivity index (χ2n) is 7.65. The number of ether oxygens (including phenoxy) is 3. The summed E-state index contributed by atoms with van der Waals surface area (Å²) in [5, 5.41) is 11.0. The predicted octanol–water partition coefficient (Wildman–Crippen LogP) is 7.24. The topological polar surface area (TPSA) is 47.9 Å². The number of aromatic hydroxyl groups is 1. The molecule has 0 radical (unpaired) electrons. The molecule has 0 amide bonds. The summed E-state index contributed by atoms with van der Waals surface area (Å²) >= 11 is 6.35. The van der Waals surface area contributed by atoms with Crippen LogP contribution in [-0.4, -0.2) is 11.7 Å². The smallest absolute Gasteiger partial charge is 0.186 e. The van der Waals surface area contributed by atoms with E-state index in [0.29, 0.717) is 23.1 Å². The molecule has 4 nitrogen and oxygen atoms in total. The Labute approximate surface area is 189 Å². The normalized spacial score (nSPS) is 21.2. The molecule has 1 unspecified atom stereocenters. The maximum atomic E-state index is 10.4. The van der Waals surface area contributed by atoms with Gasteiger partial charge >= 0.3 is 0 Å². The first-order valence-corrected chi connectivity index (χ1v) is 10.8. The molecule has 2 aromatic carbocycles. The molecular weight excluding hydrogens is 412 g/mol. The standard InChI is InChI=1S/C26H29ClO4/c1-18(2)30-19(3)11-5-4-6-12-20-17-29-26(21-13-7-9-15-23(21)27)31-25(20)22-14-8-10-16-24(22)28/h4,6-10,13-16,20,25-26,28H,1,3,5,11-12,17H2,2H3/b6-4-/t20-,25+,26?/m1/s1. The highest BCUT2D eigenvalue weighted by Gasteiger charge is 2.35. The van der Waals surface area contributed by atoms with Crippen LogP contribution in [0.25, 0.3) is 0 Å². The molecule has 5 heteroatoms. The minimum atomic E-state index is -0.582. The highest BCUT2D eigenvalue weighted by molar-refractivity contribution is 6.31. The molecule has 0 spiro atoms. The minimum absolute atomic E-state index is 0.0539. The number of halogens is 1. The first kappa shape index (κ1) is 23.1. The highest BCUT2D eigenvalue weighted by Crippen LogP contribution is 2.43.